The maximum atomic E-state index is 7.66. The molecule has 0 spiro atoms. The van der Waals surface area contributed by atoms with Crippen molar-refractivity contribution in [3.05, 3.63) is 71.9 Å². The highest BCUT2D eigenvalue weighted by Crippen LogP contribution is 2.15. The quantitative estimate of drug-likeness (QED) is 0.495. The minimum atomic E-state index is 0.505. The largest absolute Gasteiger partial charge is 0.330 e. The van der Waals surface area contributed by atoms with E-state index in [2.05, 4.69) is 32.6 Å². The molecule has 20 heavy (non-hydrogen) atoms. The number of rotatable bonds is 8. The second-order valence-electron chi connectivity index (χ2n) is 4.62. The summed E-state index contributed by atoms with van der Waals surface area (Å²) in [5.41, 5.74) is 9.31. The number of hydrogen-bond donors (Lipinski definition) is 2. The van der Waals surface area contributed by atoms with Gasteiger partial charge in [0.05, 0.1) is 0 Å². The summed E-state index contributed by atoms with van der Waals surface area (Å²) in [6, 6.07) is 0. The lowest BCUT2D eigenvalue weighted by Crippen LogP contribution is -2.04. The van der Waals surface area contributed by atoms with Gasteiger partial charge in [0.25, 0.3) is 0 Å². The Hall–Kier alpha value is -1.93. The van der Waals surface area contributed by atoms with Crippen molar-refractivity contribution in [1.82, 2.24) is 0 Å². The zero-order valence-electron chi connectivity index (χ0n) is 12.8. The third-order valence-corrected chi connectivity index (χ3v) is 2.45. The molecule has 0 amide bonds. The summed E-state index contributed by atoms with van der Waals surface area (Å²) in [6.45, 7) is 10.5. The summed E-state index contributed by atoms with van der Waals surface area (Å²) < 4.78 is 0. The Balaban J connectivity index is 5.23. The molecule has 0 aromatic rings. The molecule has 0 rings (SSSR count). The fourth-order valence-corrected chi connectivity index (χ4v) is 1.53. The van der Waals surface area contributed by atoms with E-state index in [-0.39, 0.29) is 0 Å². The lowest BCUT2D eigenvalue weighted by atomic mass is 10.0. The first kappa shape index (κ1) is 18.1. The zero-order valence-corrected chi connectivity index (χ0v) is 12.8. The van der Waals surface area contributed by atoms with Gasteiger partial charge in [-0.05, 0) is 44.5 Å². The molecule has 0 fully saturated rings. The van der Waals surface area contributed by atoms with Gasteiger partial charge in [0.15, 0.2) is 0 Å². The molecule has 0 radical (unpaired) electrons. The second kappa shape index (κ2) is 10.9. The lowest BCUT2D eigenvalue weighted by molar-refractivity contribution is 1.04. The molecule has 0 aliphatic carbocycles. The average Bonchev–Trinajstić information content (AvgIpc) is 2.40. The molecular weight excluding hydrogens is 244 g/mol. The van der Waals surface area contributed by atoms with Crippen molar-refractivity contribution < 1.29 is 0 Å². The molecular formula is C18H26N2. The summed E-state index contributed by atoms with van der Waals surface area (Å²) in [5, 5.41) is 7.66. The average molecular weight is 270 g/mol. The van der Waals surface area contributed by atoms with E-state index < -0.39 is 0 Å². The van der Waals surface area contributed by atoms with Crippen LogP contribution in [0, 0.1) is 5.41 Å². The van der Waals surface area contributed by atoms with Crippen LogP contribution in [0.1, 0.15) is 27.2 Å². The first-order valence-corrected chi connectivity index (χ1v) is 6.81. The molecule has 0 aliphatic heterocycles. The molecule has 0 bridgehead atoms. The van der Waals surface area contributed by atoms with E-state index in [1.54, 1.807) is 6.08 Å². The van der Waals surface area contributed by atoms with Crippen LogP contribution in [0.4, 0.5) is 0 Å². The highest BCUT2D eigenvalue weighted by Gasteiger charge is 1.97. The van der Waals surface area contributed by atoms with Crippen molar-refractivity contribution in [3.8, 4) is 0 Å². The topological polar surface area (TPSA) is 49.9 Å². The molecule has 108 valence electrons. The summed E-state index contributed by atoms with van der Waals surface area (Å²) in [4.78, 5) is 0. The van der Waals surface area contributed by atoms with Crippen LogP contribution in [-0.4, -0.2) is 12.3 Å². The molecule has 0 unspecified atom stereocenters. The van der Waals surface area contributed by atoms with E-state index in [0.29, 0.717) is 18.7 Å². The predicted molar refractivity (Wildman–Crippen MR) is 91.1 cm³/mol. The molecule has 0 saturated heterocycles. The molecule has 3 N–H and O–H groups in total. The van der Waals surface area contributed by atoms with Crippen molar-refractivity contribution in [2.75, 3.05) is 6.54 Å². The Morgan fingerprint density at radius 2 is 1.80 bits per heavy atom. The summed E-state index contributed by atoms with van der Waals surface area (Å²) in [6.07, 6.45) is 16.2. The molecule has 0 aromatic carbocycles. The van der Waals surface area contributed by atoms with Gasteiger partial charge >= 0.3 is 0 Å². The van der Waals surface area contributed by atoms with E-state index in [1.807, 2.05) is 37.3 Å². The maximum Gasteiger partial charge on any atom is 0.0326 e. The smallest absolute Gasteiger partial charge is 0.0326 e. The van der Waals surface area contributed by atoms with E-state index in [4.69, 9.17) is 11.1 Å². The molecule has 0 heterocycles. The van der Waals surface area contributed by atoms with E-state index in [1.165, 1.54) is 5.57 Å². The Bertz CT molecular complexity index is 468. The highest BCUT2D eigenvalue weighted by atomic mass is 14.5. The fourth-order valence-electron chi connectivity index (χ4n) is 1.53. The molecule has 0 atom stereocenters. The van der Waals surface area contributed by atoms with Crippen molar-refractivity contribution in [2.45, 2.75) is 27.2 Å². The molecule has 0 saturated carbocycles. The first-order chi connectivity index (χ1) is 9.54. The monoisotopic (exact) mass is 270 g/mol. The van der Waals surface area contributed by atoms with Gasteiger partial charge in [-0.15, -0.1) is 0 Å². The van der Waals surface area contributed by atoms with Crippen LogP contribution < -0.4 is 5.73 Å². The van der Waals surface area contributed by atoms with Gasteiger partial charge in [0, 0.05) is 12.1 Å². The van der Waals surface area contributed by atoms with E-state index in [0.717, 1.165) is 11.1 Å². The second-order valence-corrected chi connectivity index (χ2v) is 4.62. The van der Waals surface area contributed by atoms with Crippen molar-refractivity contribution in [2.24, 2.45) is 5.73 Å². The van der Waals surface area contributed by atoms with Crippen LogP contribution in [0.2, 0.25) is 0 Å². The third kappa shape index (κ3) is 8.22. The maximum absolute atomic E-state index is 7.66. The first-order valence-electron chi connectivity index (χ1n) is 6.81. The van der Waals surface area contributed by atoms with Crippen molar-refractivity contribution >= 4 is 5.71 Å². The standard InChI is InChI=1S/C18H26N2/c1-5-7-9-17(14-15(3)4)16(6-2)10-8-11-18(20)12-13-19/h5-11,14,20H,2,12-13,19H2,1,3-4H3/b7-5-,11-8+,16-10+,17-9+,20-18?. The predicted octanol–water partition coefficient (Wildman–Crippen LogP) is 4.49. The van der Waals surface area contributed by atoms with Gasteiger partial charge in [-0.2, -0.15) is 0 Å². The van der Waals surface area contributed by atoms with Gasteiger partial charge in [-0.25, -0.2) is 0 Å². The van der Waals surface area contributed by atoms with Crippen LogP contribution in [0.5, 0.6) is 0 Å². The fraction of sp³-hybridized carbons (Fsp3) is 0.278. The van der Waals surface area contributed by atoms with Crippen molar-refractivity contribution in [3.63, 3.8) is 0 Å². The van der Waals surface area contributed by atoms with Gasteiger partial charge in [0.1, 0.15) is 0 Å². The number of nitrogens with one attached hydrogen (secondary N) is 1. The SMILES string of the molecule is C=CC(=C\C=C\C(=N)CCN)/C(C=C(C)C)=C/C=C\C. The Morgan fingerprint density at radius 3 is 2.30 bits per heavy atom. The number of allylic oxidation sites excluding steroid dienone is 11. The van der Waals surface area contributed by atoms with Crippen LogP contribution in [0.15, 0.2) is 71.9 Å². The van der Waals surface area contributed by atoms with Gasteiger partial charge in [0.2, 0.25) is 0 Å². The lowest BCUT2D eigenvalue weighted by Gasteiger charge is -2.03. The minimum Gasteiger partial charge on any atom is -0.330 e. The van der Waals surface area contributed by atoms with Crippen molar-refractivity contribution in [1.29, 1.82) is 5.41 Å². The summed E-state index contributed by atoms with van der Waals surface area (Å²) in [5.74, 6) is 0. The normalized spacial score (nSPS) is 13.0. The third-order valence-electron chi connectivity index (χ3n) is 2.45. The van der Waals surface area contributed by atoms with Crippen LogP contribution in [-0.2, 0) is 0 Å². The van der Waals surface area contributed by atoms with Gasteiger partial charge in [-0.1, -0.05) is 54.7 Å². The summed E-state index contributed by atoms with van der Waals surface area (Å²) in [7, 11) is 0. The molecule has 2 heteroatoms. The zero-order chi connectivity index (χ0) is 15.4. The van der Waals surface area contributed by atoms with E-state index in [9.17, 15) is 0 Å². The molecule has 0 aliphatic rings. The minimum absolute atomic E-state index is 0.505. The number of nitrogens with two attached hydrogens (primary N) is 1. The van der Waals surface area contributed by atoms with Gasteiger partial charge in [-0.3, -0.25) is 0 Å². The Morgan fingerprint density at radius 1 is 1.15 bits per heavy atom. The Kier molecular flexibility index (Phi) is 9.89. The summed E-state index contributed by atoms with van der Waals surface area (Å²) >= 11 is 0. The van der Waals surface area contributed by atoms with E-state index >= 15 is 0 Å². The highest BCUT2D eigenvalue weighted by molar-refractivity contribution is 5.92. The van der Waals surface area contributed by atoms with Crippen LogP contribution in [0.3, 0.4) is 0 Å². The van der Waals surface area contributed by atoms with Crippen LogP contribution in [0.25, 0.3) is 0 Å². The Labute approximate surface area is 123 Å². The number of hydrogen-bond acceptors (Lipinski definition) is 2. The molecule has 0 aromatic heterocycles. The van der Waals surface area contributed by atoms with Crippen LogP contribution >= 0.6 is 0 Å². The molecule has 2 nitrogen and oxygen atoms in total. The van der Waals surface area contributed by atoms with Gasteiger partial charge < -0.3 is 11.1 Å².